The van der Waals surface area contributed by atoms with Gasteiger partial charge in [-0.05, 0) is 29.7 Å². The fourth-order valence-electron chi connectivity index (χ4n) is 3.42. The third-order valence-corrected chi connectivity index (χ3v) is 5.88. The summed E-state index contributed by atoms with van der Waals surface area (Å²) < 4.78 is 5.15. The lowest BCUT2D eigenvalue weighted by Crippen LogP contribution is -2.34. The molecule has 2 N–H and O–H groups in total. The van der Waals surface area contributed by atoms with Gasteiger partial charge in [-0.15, -0.1) is 0 Å². The molecule has 0 aliphatic carbocycles. The summed E-state index contributed by atoms with van der Waals surface area (Å²) in [5.74, 6) is 0.960. The average Bonchev–Trinajstić information content (AvgIpc) is 3.03. The molecule has 1 aliphatic rings. The van der Waals surface area contributed by atoms with Gasteiger partial charge in [-0.1, -0.05) is 36.4 Å². The SMILES string of the molecule is COCc1cccc(C[C@H](O)C=C[C@H]2CCC(=O)N2CCSCCCC(=O)O)c1. The molecule has 0 aromatic heterocycles. The van der Waals surface area contributed by atoms with Crippen LogP contribution in [0, 0.1) is 0 Å². The number of nitrogens with zero attached hydrogens (tertiary/aromatic N) is 1. The number of hydrogen-bond donors (Lipinski definition) is 2. The Bertz CT molecular complexity index is 694. The third kappa shape index (κ3) is 8.60. The number of carbonyl (C=O) groups excluding carboxylic acids is 1. The van der Waals surface area contributed by atoms with Crippen LogP contribution >= 0.6 is 11.8 Å². The number of aliphatic hydroxyl groups is 1. The Morgan fingerprint density at radius 3 is 2.93 bits per heavy atom. The second kappa shape index (κ2) is 12.7. The van der Waals surface area contributed by atoms with E-state index >= 15 is 0 Å². The maximum atomic E-state index is 12.2. The van der Waals surface area contributed by atoms with Gasteiger partial charge in [-0.2, -0.15) is 11.8 Å². The molecule has 1 saturated heterocycles. The second-order valence-corrected chi connectivity index (χ2v) is 8.44. The van der Waals surface area contributed by atoms with Crippen LogP contribution in [0.25, 0.3) is 0 Å². The lowest BCUT2D eigenvalue weighted by atomic mass is 10.0. The van der Waals surface area contributed by atoms with Crippen molar-refractivity contribution in [2.45, 2.75) is 50.9 Å². The lowest BCUT2D eigenvalue weighted by molar-refractivity contribution is -0.137. The first-order chi connectivity index (χ1) is 14.0. The van der Waals surface area contributed by atoms with E-state index in [0.717, 1.165) is 29.1 Å². The first kappa shape index (κ1) is 23.4. The van der Waals surface area contributed by atoms with Crippen LogP contribution in [0.1, 0.15) is 36.8 Å². The normalized spacial score (nSPS) is 17.9. The van der Waals surface area contributed by atoms with Crippen LogP contribution in [0.3, 0.4) is 0 Å². The molecule has 1 aromatic rings. The zero-order valence-corrected chi connectivity index (χ0v) is 17.8. The van der Waals surface area contributed by atoms with Crippen molar-refractivity contribution in [1.82, 2.24) is 4.90 Å². The van der Waals surface area contributed by atoms with Gasteiger partial charge in [0.25, 0.3) is 0 Å². The summed E-state index contributed by atoms with van der Waals surface area (Å²) in [6, 6.07) is 8.01. The topological polar surface area (TPSA) is 87.1 Å². The maximum Gasteiger partial charge on any atom is 0.303 e. The van der Waals surface area contributed by atoms with E-state index in [0.29, 0.717) is 32.4 Å². The molecule has 160 valence electrons. The van der Waals surface area contributed by atoms with E-state index in [2.05, 4.69) is 0 Å². The van der Waals surface area contributed by atoms with Gasteiger partial charge in [0.2, 0.25) is 5.91 Å². The Morgan fingerprint density at radius 1 is 1.38 bits per heavy atom. The van der Waals surface area contributed by atoms with E-state index in [-0.39, 0.29) is 18.4 Å². The smallest absolute Gasteiger partial charge is 0.303 e. The van der Waals surface area contributed by atoms with Crippen LogP contribution in [0.5, 0.6) is 0 Å². The largest absolute Gasteiger partial charge is 0.481 e. The molecule has 0 unspecified atom stereocenters. The van der Waals surface area contributed by atoms with Crippen molar-refractivity contribution in [2.24, 2.45) is 0 Å². The van der Waals surface area contributed by atoms with Crippen LogP contribution in [-0.2, 0) is 27.4 Å². The Balaban J connectivity index is 1.79. The van der Waals surface area contributed by atoms with Crippen LogP contribution in [0.2, 0.25) is 0 Å². The molecule has 0 bridgehead atoms. The number of methoxy groups -OCH3 is 1. The van der Waals surface area contributed by atoms with Gasteiger partial charge in [0.05, 0.1) is 18.8 Å². The Morgan fingerprint density at radius 2 is 2.17 bits per heavy atom. The number of carboxylic acid groups (broad SMARTS) is 1. The Labute approximate surface area is 176 Å². The van der Waals surface area contributed by atoms with Gasteiger partial charge < -0.3 is 19.8 Å². The van der Waals surface area contributed by atoms with Crippen molar-refractivity contribution in [3.05, 3.63) is 47.5 Å². The molecule has 0 saturated carbocycles. The summed E-state index contributed by atoms with van der Waals surface area (Å²) in [6.45, 7) is 1.20. The van der Waals surface area contributed by atoms with Gasteiger partial charge in [0.15, 0.2) is 0 Å². The number of carboxylic acids is 1. The molecule has 0 radical (unpaired) electrons. The number of amides is 1. The fraction of sp³-hybridized carbons (Fsp3) is 0.545. The predicted molar refractivity (Wildman–Crippen MR) is 115 cm³/mol. The lowest BCUT2D eigenvalue weighted by Gasteiger charge is -2.22. The molecule has 1 fully saturated rings. The van der Waals surface area contributed by atoms with E-state index < -0.39 is 12.1 Å². The Hall–Kier alpha value is -1.83. The molecule has 1 heterocycles. The van der Waals surface area contributed by atoms with Crippen LogP contribution in [0.15, 0.2) is 36.4 Å². The summed E-state index contributed by atoms with van der Waals surface area (Å²) >= 11 is 1.68. The molecule has 7 heteroatoms. The molecular weight excluding hydrogens is 390 g/mol. The molecule has 0 spiro atoms. The van der Waals surface area contributed by atoms with Crippen LogP contribution in [-0.4, -0.2) is 64.3 Å². The number of carbonyl (C=O) groups is 2. The van der Waals surface area contributed by atoms with Gasteiger partial charge in [-0.3, -0.25) is 9.59 Å². The number of benzene rings is 1. The van der Waals surface area contributed by atoms with Crippen molar-refractivity contribution in [3.8, 4) is 0 Å². The third-order valence-electron chi connectivity index (χ3n) is 4.83. The van der Waals surface area contributed by atoms with Gasteiger partial charge in [0.1, 0.15) is 0 Å². The molecule has 29 heavy (non-hydrogen) atoms. The first-order valence-electron chi connectivity index (χ1n) is 10.0. The highest BCUT2D eigenvalue weighted by molar-refractivity contribution is 7.99. The van der Waals surface area contributed by atoms with Crippen molar-refractivity contribution < 1.29 is 24.5 Å². The summed E-state index contributed by atoms with van der Waals surface area (Å²) in [5, 5.41) is 19.0. The minimum absolute atomic E-state index is 0.0246. The van der Waals surface area contributed by atoms with E-state index in [1.807, 2.05) is 35.2 Å². The quantitative estimate of drug-likeness (QED) is 0.376. The van der Waals surface area contributed by atoms with E-state index in [1.165, 1.54) is 0 Å². The zero-order valence-electron chi connectivity index (χ0n) is 17.0. The van der Waals surface area contributed by atoms with Crippen molar-refractivity contribution in [1.29, 1.82) is 0 Å². The number of aliphatic carboxylic acids is 1. The number of rotatable bonds is 13. The van der Waals surface area contributed by atoms with E-state index in [1.54, 1.807) is 24.9 Å². The van der Waals surface area contributed by atoms with Gasteiger partial charge >= 0.3 is 5.97 Å². The van der Waals surface area contributed by atoms with Gasteiger partial charge in [0, 0.05) is 38.7 Å². The molecule has 6 nitrogen and oxygen atoms in total. The second-order valence-electron chi connectivity index (χ2n) is 7.21. The fourth-order valence-corrected chi connectivity index (χ4v) is 4.29. The Kier molecular flexibility index (Phi) is 10.2. The number of thioether (sulfide) groups is 1. The molecule has 1 aromatic carbocycles. The standard InChI is InChI=1S/C22H31NO5S/c1-28-16-18-5-2-4-17(14-18)15-20(24)9-7-19-8-10-21(25)23(19)11-13-29-12-3-6-22(26)27/h2,4-5,7,9,14,19-20,24H,3,6,8,10-13,15-16H2,1H3,(H,26,27)/t19-,20+/m0/s1. The summed E-state index contributed by atoms with van der Waals surface area (Å²) in [7, 11) is 1.66. The molecular formula is C22H31NO5S. The monoisotopic (exact) mass is 421 g/mol. The van der Waals surface area contributed by atoms with E-state index in [9.17, 15) is 14.7 Å². The first-order valence-corrected chi connectivity index (χ1v) is 11.2. The summed E-state index contributed by atoms with van der Waals surface area (Å²) in [5.41, 5.74) is 2.13. The van der Waals surface area contributed by atoms with E-state index in [4.69, 9.17) is 9.84 Å². The highest BCUT2D eigenvalue weighted by Gasteiger charge is 2.28. The van der Waals surface area contributed by atoms with Crippen LogP contribution < -0.4 is 0 Å². The number of likely N-dealkylation sites (tertiary alicyclic amines) is 1. The van der Waals surface area contributed by atoms with Crippen molar-refractivity contribution >= 4 is 23.6 Å². The van der Waals surface area contributed by atoms with Crippen molar-refractivity contribution in [2.75, 3.05) is 25.2 Å². The highest BCUT2D eigenvalue weighted by atomic mass is 32.2. The minimum atomic E-state index is -0.769. The summed E-state index contributed by atoms with van der Waals surface area (Å²) in [4.78, 5) is 24.5. The van der Waals surface area contributed by atoms with Crippen molar-refractivity contribution in [3.63, 3.8) is 0 Å². The van der Waals surface area contributed by atoms with Crippen LogP contribution in [0.4, 0.5) is 0 Å². The number of ether oxygens (including phenoxy) is 1. The highest BCUT2D eigenvalue weighted by Crippen LogP contribution is 2.21. The zero-order chi connectivity index (χ0) is 21.1. The molecule has 1 aliphatic heterocycles. The average molecular weight is 422 g/mol. The maximum absolute atomic E-state index is 12.2. The predicted octanol–water partition coefficient (Wildman–Crippen LogP) is 2.88. The summed E-state index contributed by atoms with van der Waals surface area (Å²) in [6.07, 6.45) is 5.80. The molecule has 1 amide bonds. The van der Waals surface area contributed by atoms with Gasteiger partial charge in [-0.25, -0.2) is 0 Å². The minimum Gasteiger partial charge on any atom is -0.481 e. The molecule has 2 rings (SSSR count). The molecule has 2 atom stereocenters. The number of aliphatic hydroxyl groups excluding tert-OH is 1. The number of hydrogen-bond acceptors (Lipinski definition) is 5.